The number of aliphatic hydroxyl groups excluding tert-OH is 5. The van der Waals surface area contributed by atoms with E-state index in [-0.39, 0.29) is 105 Å². The number of halogens is 3. The van der Waals surface area contributed by atoms with Gasteiger partial charge in [-0.25, -0.2) is 13.3 Å². The number of hydrogen-bond donors (Lipinski definition) is 8. The molecule has 1 aromatic rings. The zero-order valence-electron chi connectivity index (χ0n) is 73.8. The summed E-state index contributed by atoms with van der Waals surface area (Å²) in [5.74, 6) is -0.795. The van der Waals surface area contributed by atoms with Gasteiger partial charge in [0.15, 0.2) is 52.0 Å². The van der Waals surface area contributed by atoms with Crippen molar-refractivity contribution in [2.24, 2.45) is 32.5 Å². The number of aliphatic carboxylic acids is 2. The van der Waals surface area contributed by atoms with Gasteiger partial charge in [0.1, 0.15) is 72.0 Å². The predicted molar refractivity (Wildman–Crippen MR) is 430 cm³/mol. The molecule has 0 saturated carbocycles. The van der Waals surface area contributed by atoms with Crippen molar-refractivity contribution in [1.29, 1.82) is 0 Å². The van der Waals surface area contributed by atoms with E-state index in [2.05, 4.69) is 40.4 Å². The summed E-state index contributed by atoms with van der Waals surface area (Å²) in [6.07, 6.45) is -9.37. The van der Waals surface area contributed by atoms with E-state index in [1.54, 1.807) is 92.6 Å². The smallest absolute Gasteiger partial charge is 0.481 e. The molecule has 3 fully saturated rings. The Morgan fingerprint density at radius 3 is 1.12 bits per heavy atom. The number of para-hydroxylation sites is 1. The Bertz CT molecular complexity index is 3350. The molecule has 3 unspecified atom stereocenters. The standard InChI is InChI=1S/C21H31FNO8PS.2C9H16O5PS.C8H14O4S.C7H13FO3.C6H10O4.C5H10O3.C4H8O.CHClO/c1-15-21(4,22)18(25)17(31-15)12-30-32(27,23-16-8-6-5-7-9-16)29-10-11-33-19(26)20(2,3)13-28-14-24;2*1-9(2,6-13-7-10)8(11)16-5-4-14-15(3)12;1-8(2,5-12-6-10)7(11)13-4-3-9;1-4-7(2,8)6(10)5(3-9)11-4;1-6(2,5(8)9)3-10-4-7;1-5(2,3-6)4(7)8;1-2-4-5-3-1;2-1-3/h5-9,14-15,17-18,25H,10-13H2,1-4H3,(H,23,27);2*7H,4-6H2,1-3H3;6,9H,3-5H2,1-2H3;4-6,9-10H,3H2,1-2H3;4H,3H2,1-2H3,(H,8,9);6H,3H2,1-2H3,(H,7,8);1-4H2;1H/q;2*+1;;;;;;/t15-,17+,18+,21-,32?;;;;4-,5+,6+,7-;;;;/m0...0..../s1/i14D;2*7D;6D;;4D;;;1D. The Morgan fingerprint density at radius 2 is 0.878 bits per heavy atom. The van der Waals surface area contributed by atoms with Gasteiger partial charge in [-0.1, -0.05) is 65.2 Å². The molecule has 0 aromatic heterocycles. The van der Waals surface area contributed by atoms with Crippen LogP contribution in [0.2, 0.25) is 0 Å². The van der Waals surface area contributed by atoms with Crippen LogP contribution in [0.3, 0.4) is 0 Å². The van der Waals surface area contributed by atoms with E-state index in [1.807, 2.05) is 0 Å². The molecule has 45 heteroatoms. The number of thioether (sulfide) groups is 4. The maximum Gasteiger partial charge on any atom is 0.504 e. The molecule has 3 aliphatic heterocycles. The van der Waals surface area contributed by atoms with Crippen molar-refractivity contribution in [3.8, 4) is 0 Å². The predicted octanol–water partition coefficient (Wildman–Crippen LogP) is 9.11. The minimum atomic E-state index is -3.99. The number of carbonyl (C=O) groups is 12. The number of anilines is 1. The lowest BCUT2D eigenvalue weighted by Crippen LogP contribution is -2.41. The molecule has 4 rings (SSSR count). The highest BCUT2D eigenvalue weighted by Gasteiger charge is 2.53. The third-order valence-corrected chi connectivity index (χ3v) is 22.4. The number of benzene rings is 1. The van der Waals surface area contributed by atoms with E-state index < -0.39 is 154 Å². The van der Waals surface area contributed by atoms with Crippen LogP contribution in [0.25, 0.3) is 0 Å². The average Bonchev–Trinajstić information content (AvgIpc) is 1.67. The van der Waals surface area contributed by atoms with Crippen LogP contribution in [0, 0.1) is 32.5 Å². The average molecular weight is 1820 g/mol. The van der Waals surface area contributed by atoms with Crippen LogP contribution < -0.4 is 5.09 Å². The second kappa shape index (κ2) is 63.2. The summed E-state index contributed by atoms with van der Waals surface area (Å²) in [7, 11) is -7.28. The summed E-state index contributed by atoms with van der Waals surface area (Å²) in [5, 5.41) is 63.6. The quantitative estimate of drug-likeness (QED) is 0.0101. The number of ether oxygens (including phenoxy) is 8. The largest absolute Gasteiger partial charge is 0.504 e. The van der Waals surface area contributed by atoms with Gasteiger partial charge in [-0.15, -0.1) is 9.05 Å². The van der Waals surface area contributed by atoms with Crippen molar-refractivity contribution in [2.45, 2.75) is 172 Å². The van der Waals surface area contributed by atoms with Gasteiger partial charge < -0.3 is 73.6 Å². The molecule has 0 bridgehead atoms. The molecule has 666 valence electrons. The molecule has 35 nitrogen and oxygen atoms in total. The molecule has 8 N–H and O–H groups in total. The van der Waals surface area contributed by atoms with Crippen LogP contribution in [-0.2, 0) is 127 Å². The summed E-state index contributed by atoms with van der Waals surface area (Å²) in [4.78, 5) is 128. The monoisotopic (exact) mass is 1820 g/mol. The van der Waals surface area contributed by atoms with Crippen molar-refractivity contribution in [2.75, 3.05) is 134 Å². The number of rotatable bonds is 37. The highest BCUT2D eigenvalue weighted by atomic mass is 35.5. The Hall–Kier alpha value is -4.84. The summed E-state index contributed by atoms with van der Waals surface area (Å²) >= 11 is 8.25. The van der Waals surface area contributed by atoms with E-state index in [9.17, 15) is 85.4 Å². The first kappa shape index (κ1) is 106. The first-order valence-corrected chi connectivity index (χ1v) is 43.6. The summed E-state index contributed by atoms with van der Waals surface area (Å²) in [6, 6.07) is 8.50. The summed E-state index contributed by atoms with van der Waals surface area (Å²) < 4.78 is 159. The number of carbonyl (C=O) groups excluding carboxylic acids is 10. The number of carboxylic acids is 2. The van der Waals surface area contributed by atoms with E-state index in [0.29, 0.717) is 22.9 Å². The first-order chi connectivity index (χ1) is 55.3. The first-order valence-electron chi connectivity index (χ1n) is 37.5. The van der Waals surface area contributed by atoms with Crippen molar-refractivity contribution >= 4 is 159 Å². The fraction of sp³-hybridized carbons (Fsp3) is 0.743. The van der Waals surface area contributed by atoms with Crippen LogP contribution in [0.5, 0.6) is 0 Å². The van der Waals surface area contributed by atoms with Gasteiger partial charge >= 0.3 is 35.7 Å². The fourth-order valence-corrected chi connectivity index (χ4v) is 12.6. The maximum atomic E-state index is 14.5. The molecule has 0 spiro atoms. The second-order valence-electron chi connectivity index (χ2n) is 28.3. The van der Waals surface area contributed by atoms with Crippen LogP contribution >= 0.6 is 82.5 Å². The molecule has 0 aliphatic carbocycles. The molecule has 1 aromatic carbocycles. The lowest BCUT2D eigenvalue weighted by molar-refractivity contribution is -0.152. The number of alkyl halides is 2. The lowest BCUT2D eigenvalue weighted by Gasteiger charge is -2.24. The molecule has 0 amide bonds. The van der Waals surface area contributed by atoms with E-state index in [0.717, 1.165) is 60.3 Å². The zero-order valence-corrected chi connectivity index (χ0v) is 74.5. The molecule has 115 heavy (non-hydrogen) atoms. The minimum Gasteiger partial charge on any atom is -0.481 e. The molecule has 3 aliphatic rings. The van der Waals surface area contributed by atoms with Crippen molar-refractivity contribution in [1.82, 2.24) is 0 Å². The van der Waals surface area contributed by atoms with E-state index >= 15 is 0 Å². The Labute approximate surface area is 703 Å². The minimum absolute atomic E-state index is 0.0648. The molecular weight excluding hydrogens is 1690 g/mol. The molecule has 3 heterocycles. The molecule has 3 saturated heterocycles. The summed E-state index contributed by atoms with van der Waals surface area (Å²) in [5.41, 5.74) is -9.99. The van der Waals surface area contributed by atoms with Crippen molar-refractivity contribution < 1.29 is 180 Å². The Balaban J connectivity index is -0.000000446. The highest BCUT2D eigenvalue weighted by molar-refractivity contribution is 8.14. The van der Waals surface area contributed by atoms with E-state index in [1.165, 1.54) is 74.6 Å². The van der Waals surface area contributed by atoms with Gasteiger partial charge in [0, 0.05) is 41.9 Å². The van der Waals surface area contributed by atoms with Crippen LogP contribution in [0.1, 0.15) is 132 Å². The number of aliphatic hydroxyl groups is 5. The number of carboxylic acid groups (broad SMARTS) is 2. The van der Waals surface area contributed by atoms with Crippen LogP contribution in [0.15, 0.2) is 30.3 Å². The SMILES string of the molecule is C1CCOC1.CC(C)(CO)C(=O)O.C[C@@H]1O[C@H](CO)[C@@H](O)[C@@]1(C)F.[2H]C(=O)Cl.[2H]C(=O)OCC(C)(C)C(=O)O.[2H]C(=O)OCC(C)(C)C(=O)SCCO.[2H]C(=O)OCC(C)(C)C(=O)SCCOP(=O)(Nc1ccccc1)OC[C@H]1O[C@@H](C)[C@](C)(F)[C@@H]1O.[2H]C(=O)OCC(C)(C)C(=O)SCCO[P+](C)=O.[2H]C(=O)OCC(C)(C)C(=O)SCCO[P+](C)=O. The van der Waals surface area contributed by atoms with Crippen LogP contribution in [-0.4, -0.2) is 283 Å². The van der Waals surface area contributed by atoms with Gasteiger partial charge in [-0.3, -0.25) is 71.7 Å². The molecule has 0 radical (unpaired) electrons. The van der Waals surface area contributed by atoms with Crippen LogP contribution in [0.4, 0.5) is 14.5 Å². The third kappa shape index (κ3) is 54.9. The zero-order chi connectivity index (χ0) is 95.3. The lowest BCUT2D eigenvalue weighted by atomic mass is 9.95. The summed E-state index contributed by atoms with van der Waals surface area (Å²) in [6.45, 7) is 27.5. The molecule has 11 atom stereocenters. The second-order valence-corrected chi connectivity index (χ2v) is 36.7. The van der Waals surface area contributed by atoms with Gasteiger partial charge in [0.2, 0.25) is 5.72 Å². The van der Waals surface area contributed by atoms with Crippen molar-refractivity contribution in [3.63, 3.8) is 0 Å². The Morgan fingerprint density at radius 1 is 0.565 bits per heavy atom. The number of nitrogens with one attached hydrogen (secondary N) is 1. The van der Waals surface area contributed by atoms with Gasteiger partial charge in [-0.05, 0) is 156 Å². The van der Waals surface area contributed by atoms with Crippen molar-refractivity contribution in [3.05, 3.63) is 30.3 Å². The maximum absolute atomic E-state index is 14.5. The highest BCUT2D eigenvalue weighted by Crippen LogP contribution is 2.49. The Kier molecular flexibility index (Phi) is 58.4. The van der Waals surface area contributed by atoms with Gasteiger partial charge in [-0.2, -0.15) is 0 Å². The third-order valence-electron chi connectivity index (χ3n) is 15.0. The fourth-order valence-electron chi connectivity index (χ4n) is 7.10. The van der Waals surface area contributed by atoms with Gasteiger partial charge in [0.25, 0.3) is 32.2 Å². The molecular formula is C70H119ClF2NO34P3S4+2. The normalized spacial score (nSPS) is 20.9. The van der Waals surface area contributed by atoms with Gasteiger partial charge in [0.05, 0.1) is 77.7 Å². The number of hydrogen-bond acceptors (Lipinski definition) is 36. The van der Waals surface area contributed by atoms with E-state index in [4.69, 9.17) is 70.9 Å². The topological polar surface area (TPSA) is 520 Å².